The molecule has 0 unspecified atom stereocenters. The zero-order valence-corrected chi connectivity index (χ0v) is 17.8. The molecule has 2 atom stereocenters. The number of benzene rings is 1. The average Bonchev–Trinajstić information content (AvgIpc) is 3.11. The van der Waals surface area contributed by atoms with Gasteiger partial charge < -0.3 is 9.64 Å². The lowest BCUT2D eigenvalue weighted by molar-refractivity contribution is -0.138. The Balaban J connectivity index is 1.43. The van der Waals surface area contributed by atoms with Crippen molar-refractivity contribution in [2.75, 3.05) is 20.1 Å². The van der Waals surface area contributed by atoms with Crippen LogP contribution in [0.5, 0.6) is 5.75 Å². The van der Waals surface area contributed by atoms with Gasteiger partial charge in [-0.1, -0.05) is 6.07 Å². The molecule has 0 aliphatic carbocycles. The number of hydrogen-bond acceptors (Lipinski definition) is 5. The number of carbonyl (C=O) groups excluding carboxylic acids is 1. The quantitative estimate of drug-likeness (QED) is 0.797. The first kappa shape index (κ1) is 19.8. The van der Waals surface area contributed by atoms with Gasteiger partial charge in [0.05, 0.1) is 11.7 Å². The SMILES string of the molecule is Cc1cc(C)cc(O[C@H](C)C(=O)N2CCc3nc([C@H]4CCCN4C)ncc3C2)c1. The van der Waals surface area contributed by atoms with Gasteiger partial charge in [-0.05, 0) is 70.5 Å². The molecule has 2 aliphatic heterocycles. The van der Waals surface area contributed by atoms with Gasteiger partial charge in [-0.25, -0.2) is 9.97 Å². The number of ether oxygens (including phenoxy) is 1. The standard InChI is InChI=1S/C23H30N4O2/c1-15-10-16(2)12-19(11-15)29-17(3)23(28)27-9-7-20-18(14-27)13-24-22(25-20)21-6-5-8-26(21)4/h10-13,17,21H,5-9,14H2,1-4H3/t17-,21-/m1/s1. The van der Waals surface area contributed by atoms with Crippen LogP contribution in [0, 0.1) is 13.8 Å². The van der Waals surface area contributed by atoms with E-state index < -0.39 is 6.10 Å². The van der Waals surface area contributed by atoms with Crippen LogP contribution >= 0.6 is 0 Å². The van der Waals surface area contributed by atoms with E-state index in [9.17, 15) is 4.79 Å². The molecule has 1 fully saturated rings. The summed E-state index contributed by atoms with van der Waals surface area (Å²) in [7, 11) is 2.14. The molecule has 0 spiro atoms. The van der Waals surface area contributed by atoms with Gasteiger partial charge in [-0.2, -0.15) is 0 Å². The van der Waals surface area contributed by atoms with Crippen LogP contribution in [-0.4, -0.2) is 51.9 Å². The summed E-state index contributed by atoms with van der Waals surface area (Å²) in [5, 5.41) is 0. The molecule has 2 aromatic rings. The monoisotopic (exact) mass is 394 g/mol. The van der Waals surface area contributed by atoms with Gasteiger partial charge in [-0.3, -0.25) is 9.69 Å². The first-order chi connectivity index (χ1) is 13.9. The first-order valence-corrected chi connectivity index (χ1v) is 10.5. The highest BCUT2D eigenvalue weighted by molar-refractivity contribution is 5.81. The Bertz CT molecular complexity index is 893. The smallest absolute Gasteiger partial charge is 0.263 e. The lowest BCUT2D eigenvalue weighted by Crippen LogP contribution is -2.43. The molecule has 1 aromatic heterocycles. The third-order valence-corrected chi connectivity index (χ3v) is 5.94. The Hall–Kier alpha value is -2.47. The van der Waals surface area contributed by atoms with Crippen LogP contribution < -0.4 is 4.74 Å². The molecular weight excluding hydrogens is 364 g/mol. The molecule has 0 N–H and O–H groups in total. The third kappa shape index (κ3) is 4.27. The zero-order valence-electron chi connectivity index (χ0n) is 17.8. The van der Waals surface area contributed by atoms with Gasteiger partial charge in [0.2, 0.25) is 0 Å². The van der Waals surface area contributed by atoms with Crippen molar-refractivity contribution in [2.45, 2.75) is 58.7 Å². The zero-order chi connectivity index (χ0) is 20.5. The summed E-state index contributed by atoms with van der Waals surface area (Å²) in [6.07, 6.45) is 4.47. The molecule has 1 saturated heterocycles. The van der Waals surface area contributed by atoms with Gasteiger partial charge in [0.15, 0.2) is 6.10 Å². The highest BCUT2D eigenvalue weighted by Crippen LogP contribution is 2.29. The van der Waals surface area contributed by atoms with E-state index in [-0.39, 0.29) is 5.91 Å². The van der Waals surface area contributed by atoms with Crippen LogP contribution in [0.25, 0.3) is 0 Å². The van der Waals surface area contributed by atoms with Gasteiger partial charge in [-0.15, -0.1) is 0 Å². The summed E-state index contributed by atoms with van der Waals surface area (Å²) >= 11 is 0. The fourth-order valence-corrected chi connectivity index (χ4v) is 4.43. The molecule has 4 rings (SSSR count). The van der Waals surface area contributed by atoms with E-state index in [0.29, 0.717) is 19.1 Å². The summed E-state index contributed by atoms with van der Waals surface area (Å²) in [6.45, 7) is 8.21. The van der Waals surface area contributed by atoms with Crippen molar-refractivity contribution in [3.05, 3.63) is 52.6 Å². The van der Waals surface area contributed by atoms with E-state index in [0.717, 1.165) is 53.3 Å². The number of carbonyl (C=O) groups is 1. The van der Waals surface area contributed by atoms with Gasteiger partial charge in [0.1, 0.15) is 11.6 Å². The third-order valence-electron chi connectivity index (χ3n) is 5.94. The molecule has 0 radical (unpaired) electrons. The van der Waals surface area contributed by atoms with Crippen LogP contribution in [0.3, 0.4) is 0 Å². The lowest BCUT2D eigenvalue weighted by atomic mass is 10.1. The van der Waals surface area contributed by atoms with Crippen molar-refractivity contribution < 1.29 is 9.53 Å². The molecule has 154 valence electrons. The maximum absolute atomic E-state index is 13.0. The number of amides is 1. The summed E-state index contributed by atoms with van der Waals surface area (Å²) in [5.74, 6) is 1.68. The van der Waals surface area contributed by atoms with E-state index in [1.165, 1.54) is 6.42 Å². The van der Waals surface area contributed by atoms with Gasteiger partial charge in [0, 0.05) is 31.3 Å². The second-order valence-electron chi connectivity index (χ2n) is 8.43. The summed E-state index contributed by atoms with van der Waals surface area (Å²) in [5.41, 5.74) is 4.40. The Labute approximate surface area is 172 Å². The number of hydrogen-bond donors (Lipinski definition) is 0. The number of nitrogens with zero attached hydrogens (tertiary/aromatic N) is 4. The van der Waals surface area contributed by atoms with E-state index >= 15 is 0 Å². The fourth-order valence-electron chi connectivity index (χ4n) is 4.43. The molecule has 3 heterocycles. The van der Waals surface area contributed by atoms with Crippen LogP contribution in [-0.2, 0) is 17.8 Å². The molecule has 2 aliphatic rings. The second-order valence-corrected chi connectivity index (χ2v) is 8.43. The summed E-state index contributed by atoms with van der Waals surface area (Å²) in [6, 6.07) is 6.36. The molecule has 29 heavy (non-hydrogen) atoms. The van der Waals surface area contributed by atoms with Crippen molar-refractivity contribution >= 4 is 5.91 Å². The van der Waals surface area contributed by atoms with Crippen molar-refractivity contribution in [1.29, 1.82) is 0 Å². The number of fused-ring (bicyclic) bond motifs is 1. The molecule has 6 nitrogen and oxygen atoms in total. The van der Waals surface area contributed by atoms with E-state index in [1.54, 1.807) is 0 Å². The van der Waals surface area contributed by atoms with E-state index in [2.05, 4.69) is 23.0 Å². The fraction of sp³-hybridized carbons (Fsp3) is 0.522. The highest BCUT2D eigenvalue weighted by atomic mass is 16.5. The van der Waals surface area contributed by atoms with Crippen LogP contribution in [0.1, 0.15) is 54.0 Å². The minimum absolute atomic E-state index is 0.00871. The topological polar surface area (TPSA) is 58.6 Å². The summed E-state index contributed by atoms with van der Waals surface area (Å²) in [4.78, 5) is 26.6. The van der Waals surface area contributed by atoms with Gasteiger partial charge in [0.25, 0.3) is 5.91 Å². The normalized spacial score (nSPS) is 20.4. The number of aryl methyl sites for hydroxylation is 2. The number of rotatable bonds is 4. The molecule has 6 heteroatoms. The highest BCUT2D eigenvalue weighted by Gasteiger charge is 2.29. The summed E-state index contributed by atoms with van der Waals surface area (Å²) < 4.78 is 5.95. The van der Waals surface area contributed by atoms with Crippen molar-refractivity contribution in [3.8, 4) is 5.75 Å². The molecule has 0 bridgehead atoms. The number of likely N-dealkylation sites (tertiary alicyclic amines) is 1. The number of aromatic nitrogens is 2. The molecule has 1 aromatic carbocycles. The molecule has 1 amide bonds. The predicted octanol–water partition coefficient (Wildman–Crippen LogP) is 3.21. The predicted molar refractivity (Wildman–Crippen MR) is 112 cm³/mol. The van der Waals surface area contributed by atoms with Crippen LogP contribution in [0.4, 0.5) is 0 Å². The Kier molecular flexibility index (Phi) is 5.54. The Morgan fingerprint density at radius 3 is 2.66 bits per heavy atom. The van der Waals surface area contributed by atoms with Crippen LogP contribution in [0.2, 0.25) is 0 Å². The minimum Gasteiger partial charge on any atom is -0.481 e. The Morgan fingerprint density at radius 2 is 1.97 bits per heavy atom. The Morgan fingerprint density at radius 1 is 1.21 bits per heavy atom. The molecule has 0 saturated carbocycles. The second kappa shape index (κ2) is 8.11. The maximum Gasteiger partial charge on any atom is 0.263 e. The van der Waals surface area contributed by atoms with E-state index in [1.807, 2.05) is 44.0 Å². The minimum atomic E-state index is -0.523. The van der Waals surface area contributed by atoms with Crippen molar-refractivity contribution in [1.82, 2.24) is 19.8 Å². The van der Waals surface area contributed by atoms with Crippen molar-refractivity contribution in [2.24, 2.45) is 0 Å². The van der Waals surface area contributed by atoms with Crippen molar-refractivity contribution in [3.63, 3.8) is 0 Å². The largest absolute Gasteiger partial charge is 0.481 e. The van der Waals surface area contributed by atoms with Crippen LogP contribution in [0.15, 0.2) is 24.4 Å². The lowest BCUT2D eigenvalue weighted by Gasteiger charge is -2.31. The average molecular weight is 395 g/mol. The first-order valence-electron chi connectivity index (χ1n) is 10.5. The van der Waals surface area contributed by atoms with E-state index in [4.69, 9.17) is 9.72 Å². The molecular formula is C23H30N4O2. The maximum atomic E-state index is 13.0. The van der Waals surface area contributed by atoms with Gasteiger partial charge >= 0.3 is 0 Å².